The molecule has 1 heterocycles. The lowest BCUT2D eigenvalue weighted by Gasteiger charge is -2.28. The molecule has 29 heavy (non-hydrogen) atoms. The normalized spacial score (nSPS) is 20.0. The van der Waals surface area contributed by atoms with Crippen LogP contribution in [0.25, 0.3) is 0 Å². The van der Waals surface area contributed by atoms with Gasteiger partial charge in [-0.2, -0.15) is 4.31 Å². The van der Waals surface area contributed by atoms with Crippen LogP contribution in [0.3, 0.4) is 0 Å². The van der Waals surface area contributed by atoms with Gasteiger partial charge >= 0.3 is 0 Å². The Bertz CT molecular complexity index is 903. The van der Waals surface area contributed by atoms with Crippen molar-refractivity contribution in [1.82, 2.24) is 4.31 Å². The molecule has 0 aromatic heterocycles. The van der Waals surface area contributed by atoms with Crippen LogP contribution in [-0.4, -0.2) is 50.6 Å². The van der Waals surface area contributed by atoms with Gasteiger partial charge in [-0.05, 0) is 43.9 Å². The van der Waals surface area contributed by atoms with E-state index in [1.54, 1.807) is 11.8 Å². The molecule has 1 aliphatic heterocycles. The summed E-state index contributed by atoms with van der Waals surface area (Å²) < 4.78 is 32.4. The van der Waals surface area contributed by atoms with E-state index >= 15 is 0 Å². The lowest BCUT2D eigenvalue weighted by atomic mass is 9.94. The number of carbonyl (C=O) groups is 1. The number of rotatable bonds is 6. The highest BCUT2D eigenvalue weighted by Gasteiger charge is 2.29. The number of ether oxygens (including phenoxy) is 1. The predicted molar refractivity (Wildman–Crippen MR) is 115 cm³/mol. The summed E-state index contributed by atoms with van der Waals surface area (Å²) in [7, 11) is -3.29. The molecule has 158 valence electrons. The summed E-state index contributed by atoms with van der Waals surface area (Å²) in [6, 6.07) is 7.92. The van der Waals surface area contributed by atoms with Crippen molar-refractivity contribution in [2.24, 2.45) is 5.92 Å². The molecule has 1 fully saturated rings. The van der Waals surface area contributed by atoms with E-state index in [9.17, 15) is 13.2 Å². The number of carbonyl (C=O) groups excluding carboxylic acids is 1. The zero-order valence-corrected chi connectivity index (χ0v) is 18.2. The van der Waals surface area contributed by atoms with Gasteiger partial charge in [0.15, 0.2) is 0 Å². The second-order valence-electron chi connectivity index (χ2n) is 7.72. The smallest absolute Gasteiger partial charge is 0.223 e. The average Bonchev–Trinajstić information content (AvgIpc) is 2.89. The molecule has 0 radical (unpaired) electrons. The van der Waals surface area contributed by atoms with Gasteiger partial charge in [-0.15, -0.1) is 0 Å². The van der Waals surface area contributed by atoms with Crippen LogP contribution in [0.2, 0.25) is 0 Å². The molecular weight excluding hydrogens is 388 g/mol. The number of allylic oxidation sites excluding steroid dienone is 1. The summed E-state index contributed by atoms with van der Waals surface area (Å²) >= 11 is 0. The summed E-state index contributed by atoms with van der Waals surface area (Å²) in [5.74, 6) is 1.02. The van der Waals surface area contributed by atoms with Gasteiger partial charge in [0.25, 0.3) is 0 Å². The first-order chi connectivity index (χ1) is 13.8. The van der Waals surface area contributed by atoms with Gasteiger partial charge in [-0.3, -0.25) is 4.79 Å². The quantitative estimate of drug-likeness (QED) is 0.711. The van der Waals surface area contributed by atoms with Crippen molar-refractivity contribution in [1.29, 1.82) is 0 Å². The number of hydrogen-bond acceptors (Lipinski definition) is 4. The van der Waals surface area contributed by atoms with Crippen molar-refractivity contribution in [3.8, 4) is 0 Å². The van der Waals surface area contributed by atoms with Gasteiger partial charge in [-0.25, -0.2) is 8.42 Å². The van der Waals surface area contributed by atoms with Gasteiger partial charge in [0.05, 0.1) is 5.75 Å². The third-order valence-corrected chi connectivity index (χ3v) is 7.33. The second kappa shape index (κ2) is 9.13. The molecule has 0 spiro atoms. The standard InChI is InChI=1S/C22H30N2O4S/c1-4-13-29(26,27)23-11-12-28-22-10-7-19(14-20(22)16-23)15-24(18(3)25)21-8-5-17(2)6-9-21/h5-6,8-10,14,19H,4,7,11-13,15-16H2,1-3H3. The SMILES string of the molecule is CCCS(=O)(=O)N1CCOC2=CCC(CN(C(C)=O)c3ccc(C)cc3)C=C2C1. The van der Waals surface area contributed by atoms with Crippen LogP contribution in [0.15, 0.2) is 47.7 Å². The van der Waals surface area contributed by atoms with E-state index in [1.807, 2.05) is 44.2 Å². The number of fused-ring (bicyclic) bond motifs is 1. The molecule has 1 aromatic rings. The first kappa shape index (κ1) is 21.6. The van der Waals surface area contributed by atoms with Crippen LogP contribution >= 0.6 is 0 Å². The summed E-state index contributed by atoms with van der Waals surface area (Å²) in [6.45, 7) is 7.07. The van der Waals surface area contributed by atoms with Gasteiger partial charge in [0.2, 0.25) is 15.9 Å². The van der Waals surface area contributed by atoms with Gasteiger partial charge in [0.1, 0.15) is 12.4 Å². The Balaban J connectivity index is 1.79. The molecule has 1 unspecified atom stereocenters. The minimum Gasteiger partial charge on any atom is -0.492 e. The molecule has 1 aliphatic carbocycles. The number of amides is 1. The van der Waals surface area contributed by atoms with Crippen molar-refractivity contribution in [2.45, 2.75) is 33.6 Å². The van der Waals surface area contributed by atoms with Crippen LogP contribution < -0.4 is 4.90 Å². The Kier molecular flexibility index (Phi) is 6.80. The molecular formula is C22H30N2O4S. The fourth-order valence-corrected chi connectivity index (χ4v) is 5.22. The monoisotopic (exact) mass is 418 g/mol. The Morgan fingerprint density at radius 2 is 2.00 bits per heavy atom. The highest BCUT2D eigenvalue weighted by Crippen LogP contribution is 2.29. The van der Waals surface area contributed by atoms with Crippen LogP contribution in [0.5, 0.6) is 0 Å². The van der Waals surface area contributed by atoms with Crippen LogP contribution in [0.4, 0.5) is 5.69 Å². The number of nitrogens with zero attached hydrogens (tertiary/aromatic N) is 2. The van der Waals surface area contributed by atoms with Crippen LogP contribution in [-0.2, 0) is 19.6 Å². The van der Waals surface area contributed by atoms with Crippen molar-refractivity contribution in [2.75, 3.05) is 36.9 Å². The van der Waals surface area contributed by atoms with Crippen molar-refractivity contribution < 1.29 is 17.9 Å². The van der Waals surface area contributed by atoms with Gasteiger partial charge in [0, 0.05) is 37.8 Å². The number of aryl methyl sites for hydroxylation is 1. The van der Waals surface area contributed by atoms with Crippen molar-refractivity contribution in [3.05, 3.63) is 53.3 Å². The molecule has 1 aromatic carbocycles. The molecule has 7 heteroatoms. The van der Waals surface area contributed by atoms with E-state index < -0.39 is 10.0 Å². The zero-order valence-electron chi connectivity index (χ0n) is 17.4. The summed E-state index contributed by atoms with van der Waals surface area (Å²) in [5, 5.41) is 0. The highest BCUT2D eigenvalue weighted by molar-refractivity contribution is 7.89. The molecule has 0 bridgehead atoms. The largest absolute Gasteiger partial charge is 0.492 e. The first-order valence-electron chi connectivity index (χ1n) is 10.2. The third kappa shape index (κ3) is 5.28. The van der Waals surface area contributed by atoms with Crippen molar-refractivity contribution in [3.63, 3.8) is 0 Å². The number of hydrogen-bond donors (Lipinski definition) is 0. The number of benzene rings is 1. The number of sulfonamides is 1. The minimum atomic E-state index is -3.29. The van der Waals surface area contributed by atoms with Crippen LogP contribution in [0.1, 0.15) is 32.3 Å². The lowest BCUT2D eigenvalue weighted by molar-refractivity contribution is -0.116. The fourth-order valence-electron chi connectivity index (χ4n) is 3.76. The maximum atomic E-state index is 12.5. The van der Waals surface area contributed by atoms with E-state index in [0.29, 0.717) is 32.7 Å². The van der Waals surface area contributed by atoms with Gasteiger partial charge in [-0.1, -0.05) is 30.7 Å². The summed E-state index contributed by atoms with van der Waals surface area (Å²) in [5.41, 5.74) is 2.92. The maximum absolute atomic E-state index is 12.5. The van der Waals surface area contributed by atoms with Crippen molar-refractivity contribution >= 4 is 21.6 Å². The lowest BCUT2D eigenvalue weighted by Crippen LogP contribution is -2.36. The summed E-state index contributed by atoms with van der Waals surface area (Å²) in [4.78, 5) is 14.1. The Morgan fingerprint density at radius 1 is 1.28 bits per heavy atom. The third-order valence-electron chi connectivity index (χ3n) is 5.30. The minimum absolute atomic E-state index is 0.00806. The van der Waals surface area contributed by atoms with Crippen LogP contribution in [0, 0.1) is 12.8 Å². The Labute approximate surface area is 173 Å². The topological polar surface area (TPSA) is 66.9 Å². The van der Waals surface area contributed by atoms with E-state index in [1.165, 1.54) is 4.31 Å². The average molecular weight is 419 g/mol. The molecule has 1 amide bonds. The number of anilines is 1. The molecule has 3 rings (SSSR count). The van der Waals surface area contributed by atoms with E-state index in [-0.39, 0.29) is 17.6 Å². The molecule has 1 saturated heterocycles. The fraction of sp³-hybridized carbons (Fsp3) is 0.500. The first-order valence-corrected chi connectivity index (χ1v) is 11.8. The van der Waals surface area contributed by atoms with E-state index in [0.717, 1.165) is 29.0 Å². The molecule has 6 nitrogen and oxygen atoms in total. The molecule has 2 aliphatic rings. The molecule has 0 saturated carbocycles. The molecule has 0 N–H and O–H groups in total. The zero-order chi connectivity index (χ0) is 21.0. The highest BCUT2D eigenvalue weighted by atomic mass is 32.2. The predicted octanol–water partition coefficient (Wildman–Crippen LogP) is 3.25. The van der Waals surface area contributed by atoms with E-state index in [2.05, 4.69) is 6.08 Å². The maximum Gasteiger partial charge on any atom is 0.223 e. The second-order valence-corrected chi connectivity index (χ2v) is 9.81. The molecule has 1 atom stereocenters. The van der Waals surface area contributed by atoms with E-state index in [4.69, 9.17) is 4.74 Å². The Hall–Kier alpha value is -2.12. The Morgan fingerprint density at radius 3 is 2.66 bits per heavy atom. The van der Waals surface area contributed by atoms with Gasteiger partial charge < -0.3 is 9.64 Å². The summed E-state index contributed by atoms with van der Waals surface area (Å²) in [6.07, 6.45) is 5.47.